The predicted molar refractivity (Wildman–Crippen MR) is 142 cm³/mol. The highest BCUT2D eigenvalue weighted by molar-refractivity contribution is 7.88. The third-order valence-electron chi connectivity index (χ3n) is 7.16. The van der Waals surface area contributed by atoms with E-state index in [1.54, 1.807) is 10.6 Å². The number of likely N-dealkylation sites (tertiary alicyclic amines) is 1. The van der Waals surface area contributed by atoms with Gasteiger partial charge < -0.3 is 14.8 Å². The van der Waals surface area contributed by atoms with Gasteiger partial charge in [-0.1, -0.05) is 23.7 Å². The van der Waals surface area contributed by atoms with Crippen LogP contribution in [0.2, 0.25) is 5.02 Å². The number of nitrogens with one attached hydrogen (secondary N) is 1. The van der Waals surface area contributed by atoms with Crippen LogP contribution in [0.25, 0.3) is 17.1 Å². The van der Waals surface area contributed by atoms with Crippen LogP contribution in [0.1, 0.15) is 30.4 Å². The Balaban J connectivity index is 1.38. The number of nitrogens with zero attached hydrogens (tertiary/aromatic N) is 6. The zero-order valence-electron chi connectivity index (χ0n) is 21.3. The van der Waals surface area contributed by atoms with Crippen LogP contribution >= 0.6 is 11.6 Å². The molecule has 0 aliphatic carbocycles. The summed E-state index contributed by atoms with van der Waals surface area (Å²) in [6.45, 7) is 3.69. The molecule has 0 unspecified atom stereocenters. The Labute approximate surface area is 230 Å². The highest BCUT2D eigenvalue weighted by atomic mass is 35.5. The molecule has 2 saturated heterocycles. The molecule has 0 amide bonds. The minimum atomic E-state index is -4.69. The van der Waals surface area contributed by atoms with Gasteiger partial charge in [0.25, 0.3) is 0 Å². The quantitative estimate of drug-likeness (QED) is 0.427. The molecule has 5 rings (SSSR count). The molecule has 14 heteroatoms. The third-order valence-corrected chi connectivity index (χ3v) is 8.90. The number of hydrogen-bond donors (Lipinski definition) is 1. The van der Waals surface area contributed by atoms with E-state index in [9.17, 15) is 21.6 Å². The minimum Gasteiger partial charge on any atom is -0.351 e. The fourth-order valence-electron chi connectivity index (χ4n) is 4.79. The number of rotatable bonds is 8. The van der Waals surface area contributed by atoms with E-state index in [4.69, 9.17) is 11.6 Å². The number of hydrogen-bond acceptors (Lipinski definition) is 7. The molecular formula is C25H29ClF3N7O2S. The summed E-state index contributed by atoms with van der Waals surface area (Å²) >= 11 is 6.70. The molecule has 2 aliphatic heterocycles. The Morgan fingerprint density at radius 3 is 2.51 bits per heavy atom. The average Bonchev–Trinajstić information content (AvgIpc) is 3.33. The van der Waals surface area contributed by atoms with Gasteiger partial charge in [-0.2, -0.15) is 13.2 Å². The predicted octanol–water partition coefficient (Wildman–Crippen LogP) is 4.09. The Hall–Kier alpha value is -2.74. The first-order valence-electron chi connectivity index (χ1n) is 12.7. The number of anilines is 1. The summed E-state index contributed by atoms with van der Waals surface area (Å²) in [6, 6.07) is 5.44. The lowest BCUT2D eigenvalue weighted by Gasteiger charge is -2.30. The number of sulfonamides is 1. The highest BCUT2D eigenvalue weighted by Crippen LogP contribution is 2.36. The molecule has 2 aliphatic rings. The van der Waals surface area contributed by atoms with E-state index in [1.165, 1.54) is 23.3 Å². The van der Waals surface area contributed by atoms with E-state index >= 15 is 0 Å². The first-order valence-corrected chi connectivity index (χ1v) is 14.9. The molecule has 0 spiro atoms. The van der Waals surface area contributed by atoms with Crippen molar-refractivity contribution in [2.45, 2.75) is 37.9 Å². The van der Waals surface area contributed by atoms with Crippen LogP contribution in [-0.4, -0.2) is 82.2 Å². The zero-order chi connectivity index (χ0) is 27.8. The molecular weight excluding hydrogens is 555 g/mol. The number of alkyl halides is 3. The van der Waals surface area contributed by atoms with Crippen LogP contribution in [-0.2, 0) is 22.6 Å². The fraction of sp³-hybridized carbons (Fsp3) is 0.480. The lowest BCUT2D eigenvalue weighted by Crippen LogP contribution is -2.42. The van der Waals surface area contributed by atoms with Crippen molar-refractivity contribution in [1.29, 1.82) is 0 Å². The first-order chi connectivity index (χ1) is 18.5. The van der Waals surface area contributed by atoms with Crippen LogP contribution in [0.4, 0.5) is 19.1 Å². The standard InChI is InChI=1S/C25H29ClF3N7O2S/c1-39(37,38)36-12-7-18(8-13-36)32-24-30-14-19(25(27,28)29)23(33-24)20-15-35(16-31-20)21-5-2-4-17(22(21)26)6-11-34-9-3-10-34/h2,4-5,14-16,18H,3,6-13H2,1H3,(H,30,32,33). The van der Waals surface area contributed by atoms with Gasteiger partial charge in [-0.3, -0.25) is 0 Å². The summed E-state index contributed by atoms with van der Waals surface area (Å²) in [6.07, 6.45) is 3.05. The molecule has 39 heavy (non-hydrogen) atoms. The number of piperidine rings is 1. The maximum absolute atomic E-state index is 13.9. The molecule has 1 N–H and O–H groups in total. The first kappa shape index (κ1) is 27.8. The van der Waals surface area contributed by atoms with E-state index in [1.807, 2.05) is 12.1 Å². The summed E-state index contributed by atoms with van der Waals surface area (Å²) < 4.78 is 68.2. The summed E-state index contributed by atoms with van der Waals surface area (Å²) in [5.41, 5.74) is 0.261. The number of aromatic nitrogens is 4. The minimum absolute atomic E-state index is 0.0244. The second kappa shape index (κ2) is 11.0. The maximum atomic E-state index is 13.9. The molecule has 2 fully saturated rings. The Morgan fingerprint density at radius 2 is 1.87 bits per heavy atom. The average molecular weight is 584 g/mol. The molecule has 0 atom stereocenters. The van der Waals surface area contributed by atoms with Crippen molar-refractivity contribution in [1.82, 2.24) is 28.7 Å². The van der Waals surface area contributed by atoms with E-state index in [0.29, 0.717) is 36.6 Å². The lowest BCUT2D eigenvalue weighted by molar-refractivity contribution is -0.137. The van der Waals surface area contributed by atoms with Gasteiger partial charge in [0, 0.05) is 38.1 Å². The van der Waals surface area contributed by atoms with Gasteiger partial charge in [0.15, 0.2) is 0 Å². The molecule has 9 nitrogen and oxygen atoms in total. The molecule has 3 aromatic rings. The van der Waals surface area contributed by atoms with Gasteiger partial charge in [0.1, 0.15) is 23.3 Å². The summed E-state index contributed by atoms with van der Waals surface area (Å²) in [5.74, 6) is 0.0244. The number of halogens is 4. The Bertz CT molecular complexity index is 1440. The topological polar surface area (TPSA) is 96.2 Å². The molecule has 4 heterocycles. The molecule has 0 saturated carbocycles. The largest absolute Gasteiger partial charge is 0.420 e. The van der Waals surface area contributed by atoms with Crippen molar-refractivity contribution in [2.24, 2.45) is 0 Å². The number of benzene rings is 1. The van der Waals surface area contributed by atoms with E-state index in [-0.39, 0.29) is 23.4 Å². The molecule has 0 radical (unpaired) electrons. The highest BCUT2D eigenvalue weighted by Gasteiger charge is 2.36. The summed E-state index contributed by atoms with van der Waals surface area (Å²) in [4.78, 5) is 14.7. The normalized spacial score (nSPS) is 17.8. The molecule has 210 valence electrons. The second-order valence-corrected chi connectivity index (χ2v) is 12.3. The fourth-order valence-corrected chi connectivity index (χ4v) is 5.98. The van der Waals surface area contributed by atoms with Crippen LogP contribution in [0, 0.1) is 0 Å². The number of imidazole rings is 1. The third kappa shape index (κ3) is 6.37. The van der Waals surface area contributed by atoms with Gasteiger partial charge in [-0.15, -0.1) is 0 Å². The Kier molecular flexibility index (Phi) is 7.86. The summed E-state index contributed by atoms with van der Waals surface area (Å²) in [7, 11) is -3.29. The van der Waals surface area contributed by atoms with Crippen molar-refractivity contribution >= 4 is 27.6 Å². The Morgan fingerprint density at radius 1 is 1.13 bits per heavy atom. The van der Waals surface area contributed by atoms with Gasteiger partial charge in [-0.25, -0.2) is 27.7 Å². The van der Waals surface area contributed by atoms with Gasteiger partial charge in [0.2, 0.25) is 16.0 Å². The molecule has 1 aromatic carbocycles. The van der Waals surface area contributed by atoms with E-state index < -0.39 is 21.8 Å². The smallest absolute Gasteiger partial charge is 0.351 e. The van der Waals surface area contributed by atoms with Crippen molar-refractivity contribution in [2.75, 3.05) is 44.3 Å². The van der Waals surface area contributed by atoms with E-state index in [2.05, 4.69) is 25.2 Å². The second-order valence-electron chi connectivity index (χ2n) is 9.90. The van der Waals surface area contributed by atoms with Crippen LogP contribution in [0.15, 0.2) is 36.9 Å². The monoisotopic (exact) mass is 583 g/mol. The van der Waals surface area contributed by atoms with Crippen molar-refractivity contribution in [3.8, 4) is 17.1 Å². The van der Waals surface area contributed by atoms with Crippen LogP contribution in [0.3, 0.4) is 0 Å². The van der Waals surface area contributed by atoms with Gasteiger partial charge >= 0.3 is 6.18 Å². The van der Waals surface area contributed by atoms with Crippen LogP contribution in [0.5, 0.6) is 0 Å². The van der Waals surface area contributed by atoms with Gasteiger partial charge in [0.05, 0.1) is 17.0 Å². The zero-order valence-corrected chi connectivity index (χ0v) is 22.9. The lowest BCUT2D eigenvalue weighted by atomic mass is 10.1. The summed E-state index contributed by atoms with van der Waals surface area (Å²) in [5, 5.41) is 3.59. The van der Waals surface area contributed by atoms with Crippen LogP contribution < -0.4 is 5.32 Å². The maximum Gasteiger partial charge on any atom is 0.420 e. The molecule has 2 aromatic heterocycles. The SMILES string of the molecule is CS(=O)(=O)N1CCC(Nc2ncc(C(F)(F)F)c(-c3cn(-c4cccc(CCN5CCC5)c4Cl)cn3)n2)CC1. The van der Waals surface area contributed by atoms with Crippen molar-refractivity contribution in [3.05, 3.63) is 53.1 Å². The van der Waals surface area contributed by atoms with Crippen molar-refractivity contribution < 1.29 is 21.6 Å². The van der Waals surface area contributed by atoms with Crippen molar-refractivity contribution in [3.63, 3.8) is 0 Å². The van der Waals surface area contributed by atoms with Gasteiger partial charge in [-0.05, 0) is 50.4 Å². The van der Waals surface area contributed by atoms with E-state index in [0.717, 1.165) is 44.1 Å². The molecule has 0 bridgehead atoms.